The van der Waals surface area contributed by atoms with Crippen LogP contribution in [0.15, 0.2) is 54.6 Å². The summed E-state index contributed by atoms with van der Waals surface area (Å²) in [6.07, 6.45) is 1.85. The quantitative estimate of drug-likeness (QED) is 0.0536. The van der Waals surface area contributed by atoms with Crippen molar-refractivity contribution in [2.75, 3.05) is 65.4 Å². The number of ether oxygens (including phenoxy) is 5. The minimum absolute atomic E-state index is 0.0462. The Morgan fingerprint density at radius 2 is 1.64 bits per heavy atom. The first-order valence-corrected chi connectivity index (χ1v) is 32.0. The van der Waals surface area contributed by atoms with Gasteiger partial charge in [-0.2, -0.15) is 9.97 Å². The van der Waals surface area contributed by atoms with Crippen LogP contribution < -0.4 is 19.1 Å². The SMILES string of the molecule is COCOc1cc(-c2nc(OC)c3c(N4CCOC[C@@](C)(O[Si](C)(C)C(C)(C)C)C4)nc(OC[C@]45CCC[C@H]4N(Cc4ccccc4)CC(F)C5)nc3c2F)c2c(C#C[Si](C(C)C)(C(C)C)C(C)C)c(F)ccc2c1. The number of aromatic nitrogens is 3. The van der Waals surface area contributed by atoms with E-state index >= 15 is 13.2 Å². The Morgan fingerprint density at radius 1 is 0.920 bits per heavy atom. The molecule has 16 heteroatoms. The number of alkyl halides is 1. The Morgan fingerprint density at radius 3 is 2.31 bits per heavy atom. The lowest BCUT2D eigenvalue weighted by Crippen LogP contribution is -2.55. The molecule has 0 radical (unpaired) electrons. The van der Waals surface area contributed by atoms with E-state index < -0.39 is 45.2 Å². The van der Waals surface area contributed by atoms with Crippen LogP contribution in [0.3, 0.4) is 0 Å². The smallest absolute Gasteiger partial charge is 0.319 e. The van der Waals surface area contributed by atoms with Crippen molar-refractivity contribution < 1.29 is 41.3 Å². The molecule has 1 aliphatic carbocycles. The van der Waals surface area contributed by atoms with E-state index in [9.17, 15) is 0 Å². The number of likely N-dealkylation sites (tertiary alicyclic amines) is 1. The number of pyridine rings is 1. The molecule has 3 fully saturated rings. The largest absolute Gasteiger partial charge is 0.480 e. The summed E-state index contributed by atoms with van der Waals surface area (Å²) in [5.74, 6) is 2.76. The molecule has 1 unspecified atom stereocenters. The molecule has 2 aliphatic heterocycles. The van der Waals surface area contributed by atoms with Gasteiger partial charge in [-0.3, -0.25) is 4.90 Å². The van der Waals surface area contributed by atoms with Crippen LogP contribution in [0.1, 0.15) is 106 Å². The van der Waals surface area contributed by atoms with Crippen molar-refractivity contribution in [1.29, 1.82) is 0 Å². The van der Waals surface area contributed by atoms with Gasteiger partial charge in [-0.15, -0.1) is 5.54 Å². The third kappa shape index (κ3) is 11.3. The number of methoxy groups -OCH3 is 2. The molecule has 1 saturated carbocycles. The molecule has 5 aromatic rings. The molecule has 0 bridgehead atoms. The molecule has 3 aliphatic rings. The van der Waals surface area contributed by atoms with Crippen LogP contribution in [0.2, 0.25) is 34.8 Å². The Bertz CT molecular complexity index is 2890. The van der Waals surface area contributed by atoms with E-state index in [1.165, 1.54) is 20.3 Å². The predicted molar refractivity (Wildman–Crippen MR) is 299 cm³/mol. The minimum Gasteiger partial charge on any atom is -0.480 e. The maximum atomic E-state index is 18.6. The maximum absolute atomic E-state index is 18.6. The molecule has 3 aromatic carbocycles. The number of benzene rings is 3. The van der Waals surface area contributed by atoms with E-state index in [0.717, 1.165) is 24.8 Å². The predicted octanol–water partition coefficient (Wildman–Crippen LogP) is 13.5. The molecular formula is C59H80F3N5O6Si2. The number of halogens is 3. The molecular weight excluding hydrogens is 988 g/mol. The summed E-state index contributed by atoms with van der Waals surface area (Å²) < 4.78 is 89.1. The monoisotopic (exact) mass is 1070 g/mol. The highest BCUT2D eigenvalue weighted by atomic mass is 28.4. The van der Waals surface area contributed by atoms with Crippen molar-refractivity contribution in [2.24, 2.45) is 5.41 Å². The number of anilines is 1. The van der Waals surface area contributed by atoms with E-state index in [-0.39, 0.29) is 80.7 Å². The molecule has 406 valence electrons. The summed E-state index contributed by atoms with van der Waals surface area (Å²) in [7, 11) is -1.75. The van der Waals surface area contributed by atoms with Crippen molar-refractivity contribution in [3.63, 3.8) is 0 Å². The normalized spacial score (nSPS) is 21.9. The van der Waals surface area contributed by atoms with E-state index in [0.29, 0.717) is 68.2 Å². The Labute approximate surface area is 445 Å². The summed E-state index contributed by atoms with van der Waals surface area (Å²) in [6, 6.07) is 16.6. The average molecular weight is 1070 g/mol. The number of piperidine rings is 1. The maximum Gasteiger partial charge on any atom is 0.319 e. The highest BCUT2D eigenvalue weighted by Crippen LogP contribution is 2.50. The fraction of sp³-hybridized carbons (Fsp3) is 0.576. The number of hydrogen-bond donors (Lipinski definition) is 0. The number of nitrogens with zero attached hydrogens (tertiary/aromatic N) is 5. The van der Waals surface area contributed by atoms with Crippen LogP contribution in [0.5, 0.6) is 17.6 Å². The first-order chi connectivity index (χ1) is 35.5. The highest BCUT2D eigenvalue weighted by molar-refractivity contribution is 6.90. The molecule has 2 aromatic heterocycles. The van der Waals surface area contributed by atoms with Gasteiger partial charge < -0.3 is 33.0 Å². The molecule has 75 heavy (non-hydrogen) atoms. The van der Waals surface area contributed by atoms with Gasteiger partial charge in [-0.25, -0.2) is 18.2 Å². The number of hydrogen-bond acceptors (Lipinski definition) is 11. The molecule has 0 amide bonds. The third-order valence-corrected chi connectivity index (χ3v) is 27.8. The van der Waals surface area contributed by atoms with Crippen LogP contribution in [-0.4, -0.2) is 115 Å². The molecule has 0 spiro atoms. The van der Waals surface area contributed by atoms with Gasteiger partial charge in [0.2, 0.25) is 5.88 Å². The number of fused-ring (bicyclic) bond motifs is 3. The molecule has 0 N–H and O–H groups in total. The second kappa shape index (κ2) is 22.3. The molecule has 8 rings (SSSR count). The van der Waals surface area contributed by atoms with E-state index in [1.807, 2.05) is 23.1 Å². The lowest BCUT2D eigenvalue weighted by Gasteiger charge is -2.47. The first-order valence-electron chi connectivity index (χ1n) is 26.9. The minimum atomic E-state index is -2.38. The topological polar surface area (TPSA) is 101 Å². The second-order valence-electron chi connectivity index (χ2n) is 24.1. The van der Waals surface area contributed by atoms with Crippen molar-refractivity contribution in [1.82, 2.24) is 19.9 Å². The molecule has 4 heterocycles. The van der Waals surface area contributed by atoms with E-state index in [2.05, 4.69) is 111 Å². The van der Waals surface area contributed by atoms with Gasteiger partial charge in [0.25, 0.3) is 0 Å². The molecule has 2 saturated heterocycles. The summed E-state index contributed by atoms with van der Waals surface area (Å²) in [5.41, 5.74) is 4.44. The first kappa shape index (κ1) is 56.4. The standard InChI is InChI=1S/C59H80F3N5O6Si2/c1-38(2)75(39(3)4,40(5)6)28-24-45-47(61)23-22-42-29-44(72-37-68-11)30-46(49(42)45)52-51(62)53-50(55(63-52)69-12)54(66-26-27-70-35-58(10,34-66)73-74(13,14)57(7,8)9)65-56(64-53)71-36-59-25-18-21-48(59)67(33-43(60)31-59)32-41-19-16-15-17-20-41/h15-17,19-20,22-23,29-30,38-40,43,48H,18,21,25-27,31-37H2,1-14H3/t43?,48-,58+,59-/m1/s1. The molecule has 11 nitrogen and oxygen atoms in total. The Balaban J connectivity index is 1.34. The Kier molecular flexibility index (Phi) is 16.8. The zero-order valence-corrected chi connectivity index (χ0v) is 48.9. The lowest BCUT2D eigenvalue weighted by atomic mass is 9.74. The van der Waals surface area contributed by atoms with Gasteiger partial charge in [0.05, 0.1) is 38.1 Å². The van der Waals surface area contributed by atoms with E-state index in [1.54, 1.807) is 18.2 Å². The van der Waals surface area contributed by atoms with Gasteiger partial charge in [0.1, 0.15) is 48.2 Å². The van der Waals surface area contributed by atoms with Crippen molar-refractivity contribution in [3.05, 3.63) is 77.4 Å². The second-order valence-corrected chi connectivity index (χ2v) is 34.4. The van der Waals surface area contributed by atoms with Gasteiger partial charge in [0.15, 0.2) is 20.9 Å². The van der Waals surface area contributed by atoms with Crippen LogP contribution in [-0.2, 0) is 20.4 Å². The fourth-order valence-electron chi connectivity index (χ4n) is 12.5. The zero-order valence-electron chi connectivity index (χ0n) is 46.9. The molecule has 4 atom stereocenters. The van der Waals surface area contributed by atoms with Gasteiger partial charge in [-0.1, -0.05) is 111 Å². The van der Waals surface area contributed by atoms with Crippen LogP contribution in [0, 0.1) is 28.5 Å². The Hall–Kier alpha value is -4.77. The summed E-state index contributed by atoms with van der Waals surface area (Å²) in [4.78, 5) is 19.4. The van der Waals surface area contributed by atoms with Crippen LogP contribution in [0.4, 0.5) is 19.0 Å². The van der Waals surface area contributed by atoms with Crippen molar-refractivity contribution in [2.45, 2.75) is 154 Å². The highest BCUT2D eigenvalue weighted by Gasteiger charge is 2.52. The van der Waals surface area contributed by atoms with E-state index in [4.69, 9.17) is 43.1 Å². The number of rotatable bonds is 16. The summed E-state index contributed by atoms with van der Waals surface area (Å²) >= 11 is 0. The van der Waals surface area contributed by atoms with Gasteiger partial charge >= 0.3 is 6.01 Å². The van der Waals surface area contributed by atoms with Crippen molar-refractivity contribution in [3.8, 4) is 40.4 Å². The fourth-order valence-corrected chi connectivity index (χ4v) is 19.4. The van der Waals surface area contributed by atoms with Crippen molar-refractivity contribution >= 4 is 43.9 Å². The van der Waals surface area contributed by atoms with Gasteiger partial charge in [0, 0.05) is 55.7 Å². The lowest BCUT2D eigenvalue weighted by molar-refractivity contribution is -0.0405. The third-order valence-electron chi connectivity index (χ3n) is 16.9. The van der Waals surface area contributed by atoms with Gasteiger partial charge in [-0.05, 0) is 90.1 Å². The zero-order chi connectivity index (χ0) is 54.3. The van der Waals surface area contributed by atoms with Crippen LogP contribution >= 0.6 is 0 Å². The van der Waals surface area contributed by atoms with Crippen LogP contribution in [0.25, 0.3) is 32.9 Å². The summed E-state index contributed by atoms with van der Waals surface area (Å²) in [6.45, 7) is 28.7. The summed E-state index contributed by atoms with van der Waals surface area (Å²) in [5, 5.41) is 1.07. The average Bonchev–Trinajstić information content (AvgIpc) is 3.68.